The SMILES string of the molecule is [C-]#[N+]c1ccc(-c2ccc3c(c2)c2ccccc2n3-c2ccccc2)c(-c2ccccc2-n2c3ccccc3c3ccccc32)c1. The molecule has 0 aliphatic heterocycles. The molecule has 3 nitrogen and oxygen atoms in total. The van der Waals surface area contributed by atoms with E-state index in [2.05, 4.69) is 166 Å². The largest absolute Gasteiger partial charge is 0.309 e. The van der Waals surface area contributed by atoms with Gasteiger partial charge in [0.2, 0.25) is 0 Å². The van der Waals surface area contributed by atoms with Crippen LogP contribution in [0, 0.1) is 6.57 Å². The molecule has 0 aliphatic carbocycles. The van der Waals surface area contributed by atoms with Crippen LogP contribution in [-0.4, -0.2) is 9.13 Å². The second kappa shape index (κ2) is 10.4. The molecule has 9 rings (SSSR count). The lowest BCUT2D eigenvalue weighted by Crippen LogP contribution is -1.98. The normalized spacial score (nSPS) is 11.5. The molecule has 0 spiro atoms. The summed E-state index contributed by atoms with van der Waals surface area (Å²) in [5, 5.41) is 4.87. The Morgan fingerprint density at radius 1 is 0.391 bits per heavy atom. The fourth-order valence-corrected chi connectivity index (χ4v) is 7.15. The van der Waals surface area contributed by atoms with E-state index in [9.17, 15) is 0 Å². The predicted octanol–water partition coefficient (Wildman–Crippen LogP) is 11.8. The molecule has 2 aromatic heterocycles. The number of rotatable bonds is 4. The molecule has 0 aliphatic rings. The molecule has 214 valence electrons. The second-order valence-corrected chi connectivity index (χ2v) is 11.6. The van der Waals surface area contributed by atoms with Crippen LogP contribution in [0.4, 0.5) is 5.69 Å². The Kier molecular flexibility index (Phi) is 5.88. The van der Waals surface area contributed by atoms with Gasteiger partial charge >= 0.3 is 0 Å². The molecule has 0 fully saturated rings. The molecule has 0 saturated heterocycles. The molecule has 7 aromatic carbocycles. The van der Waals surface area contributed by atoms with Crippen molar-refractivity contribution in [1.29, 1.82) is 0 Å². The third-order valence-electron chi connectivity index (χ3n) is 9.15. The minimum atomic E-state index is 0.623. The first-order valence-electron chi connectivity index (χ1n) is 15.5. The zero-order valence-corrected chi connectivity index (χ0v) is 24.9. The summed E-state index contributed by atoms with van der Waals surface area (Å²) >= 11 is 0. The Morgan fingerprint density at radius 3 is 1.65 bits per heavy atom. The second-order valence-electron chi connectivity index (χ2n) is 11.6. The van der Waals surface area contributed by atoms with Crippen molar-refractivity contribution in [3.05, 3.63) is 175 Å². The van der Waals surface area contributed by atoms with Crippen LogP contribution in [-0.2, 0) is 0 Å². The molecule has 0 saturated carbocycles. The van der Waals surface area contributed by atoms with Crippen LogP contribution in [0.1, 0.15) is 0 Å². The average molecular weight is 586 g/mol. The number of nitrogens with zero attached hydrogens (tertiary/aromatic N) is 3. The molecule has 0 radical (unpaired) electrons. The number of aromatic nitrogens is 2. The van der Waals surface area contributed by atoms with Gasteiger partial charge in [0.1, 0.15) is 0 Å². The average Bonchev–Trinajstić information content (AvgIpc) is 3.64. The molecule has 2 heterocycles. The van der Waals surface area contributed by atoms with E-state index in [4.69, 9.17) is 6.57 Å². The highest BCUT2D eigenvalue weighted by Crippen LogP contribution is 2.42. The Hall–Kier alpha value is -6.37. The lowest BCUT2D eigenvalue weighted by molar-refractivity contribution is 1.18. The maximum atomic E-state index is 7.89. The van der Waals surface area contributed by atoms with E-state index < -0.39 is 0 Å². The third kappa shape index (κ3) is 3.91. The van der Waals surface area contributed by atoms with Crippen molar-refractivity contribution in [2.24, 2.45) is 0 Å². The van der Waals surface area contributed by atoms with E-state index in [1.165, 1.54) is 32.6 Å². The lowest BCUT2D eigenvalue weighted by Gasteiger charge is -2.17. The Bertz CT molecular complexity index is 2600. The van der Waals surface area contributed by atoms with E-state index in [-0.39, 0.29) is 0 Å². The minimum absolute atomic E-state index is 0.623. The number of hydrogen-bond donors (Lipinski definition) is 0. The van der Waals surface area contributed by atoms with Crippen LogP contribution in [0.3, 0.4) is 0 Å². The third-order valence-corrected chi connectivity index (χ3v) is 9.15. The lowest BCUT2D eigenvalue weighted by atomic mass is 9.92. The summed E-state index contributed by atoms with van der Waals surface area (Å²) in [6.07, 6.45) is 0. The number of para-hydroxylation sites is 5. The zero-order valence-electron chi connectivity index (χ0n) is 24.9. The topological polar surface area (TPSA) is 14.2 Å². The minimum Gasteiger partial charge on any atom is -0.309 e. The van der Waals surface area contributed by atoms with Gasteiger partial charge in [-0.1, -0.05) is 109 Å². The summed E-state index contributed by atoms with van der Waals surface area (Å²) in [6, 6.07) is 57.8. The van der Waals surface area contributed by atoms with Gasteiger partial charge in [-0.05, 0) is 71.3 Å². The van der Waals surface area contributed by atoms with Crippen LogP contribution in [0.5, 0.6) is 0 Å². The van der Waals surface area contributed by atoms with Crippen molar-refractivity contribution in [2.45, 2.75) is 0 Å². The summed E-state index contributed by atoms with van der Waals surface area (Å²) in [6.45, 7) is 7.89. The van der Waals surface area contributed by atoms with Gasteiger partial charge in [-0.3, -0.25) is 0 Å². The first-order valence-corrected chi connectivity index (χ1v) is 15.5. The van der Waals surface area contributed by atoms with Crippen LogP contribution < -0.4 is 0 Å². The van der Waals surface area contributed by atoms with Crippen LogP contribution >= 0.6 is 0 Å². The molecule has 0 atom stereocenters. The van der Waals surface area contributed by atoms with Crippen molar-refractivity contribution in [2.75, 3.05) is 0 Å². The molecule has 0 amide bonds. The molecule has 0 bridgehead atoms. The van der Waals surface area contributed by atoms with Gasteiger partial charge in [0.05, 0.1) is 34.3 Å². The Balaban J connectivity index is 1.31. The fourth-order valence-electron chi connectivity index (χ4n) is 7.15. The summed E-state index contributed by atoms with van der Waals surface area (Å²) in [5.41, 5.74) is 11.9. The fraction of sp³-hybridized carbons (Fsp3) is 0. The summed E-state index contributed by atoms with van der Waals surface area (Å²) in [7, 11) is 0. The van der Waals surface area contributed by atoms with Crippen LogP contribution in [0.15, 0.2) is 164 Å². The zero-order chi connectivity index (χ0) is 30.6. The van der Waals surface area contributed by atoms with E-state index in [0.717, 1.165) is 44.7 Å². The molecule has 46 heavy (non-hydrogen) atoms. The van der Waals surface area contributed by atoms with E-state index >= 15 is 0 Å². The molecular formula is C43H27N3. The van der Waals surface area contributed by atoms with Gasteiger partial charge in [0.25, 0.3) is 0 Å². The maximum absolute atomic E-state index is 7.89. The highest BCUT2D eigenvalue weighted by Gasteiger charge is 2.19. The monoisotopic (exact) mass is 585 g/mol. The smallest absolute Gasteiger partial charge is 0.187 e. The molecule has 3 heteroatoms. The first-order chi connectivity index (χ1) is 22.8. The highest BCUT2D eigenvalue weighted by atomic mass is 15.0. The predicted molar refractivity (Wildman–Crippen MR) is 192 cm³/mol. The number of hydrogen-bond acceptors (Lipinski definition) is 0. The van der Waals surface area contributed by atoms with E-state index in [1.54, 1.807) is 0 Å². The number of benzene rings is 7. The Labute approximate surface area is 266 Å². The summed E-state index contributed by atoms with van der Waals surface area (Å²) < 4.78 is 4.71. The molecule has 0 unspecified atom stereocenters. The van der Waals surface area contributed by atoms with Gasteiger partial charge in [0, 0.05) is 32.8 Å². The van der Waals surface area contributed by atoms with Gasteiger partial charge in [-0.25, -0.2) is 4.85 Å². The first kappa shape index (κ1) is 26.1. The van der Waals surface area contributed by atoms with Crippen LogP contribution in [0.2, 0.25) is 0 Å². The van der Waals surface area contributed by atoms with Gasteiger partial charge < -0.3 is 9.13 Å². The van der Waals surface area contributed by atoms with Crippen molar-refractivity contribution >= 4 is 49.3 Å². The van der Waals surface area contributed by atoms with E-state index in [0.29, 0.717) is 5.69 Å². The van der Waals surface area contributed by atoms with Gasteiger partial charge in [0.15, 0.2) is 5.69 Å². The highest BCUT2D eigenvalue weighted by molar-refractivity contribution is 6.12. The quantitative estimate of drug-likeness (QED) is 0.182. The van der Waals surface area contributed by atoms with Crippen molar-refractivity contribution in [1.82, 2.24) is 9.13 Å². The van der Waals surface area contributed by atoms with Gasteiger partial charge in [-0.2, -0.15) is 0 Å². The van der Waals surface area contributed by atoms with Gasteiger partial charge in [-0.15, -0.1) is 0 Å². The van der Waals surface area contributed by atoms with E-state index in [1.807, 2.05) is 12.1 Å². The molecular weight excluding hydrogens is 558 g/mol. The maximum Gasteiger partial charge on any atom is 0.187 e. The van der Waals surface area contributed by atoms with Crippen molar-refractivity contribution in [3.63, 3.8) is 0 Å². The number of fused-ring (bicyclic) bond motifs is 6. The summed E-state index contributed by atoms with van der Waals surface area (Å²) in [4.78, 5) is 3.85. The Morgan fingerprint density at radius 2 is 0.957 bits per heavy atom. The molecule has 9 aromatic rings. The van der Waals surface area contributed by atoms with Crippen molar-refractivity contribution in [3.8, 4) is 33.6 Å². The van der Waals surface area contributed by atoms with Crippen molar-refractivity contribution < 1.29 is 0 Å². The molecule has 0 N–H and O–H groups in total. The summed E-state index contributed by atoms with van der Waals surface area (Å²) in [5.74, 6) is 0. The van der Waals surface area contributed by atoms with Crippen LogP contribution in [0.25, 0.3) is 82.1 Å². The standard InChI is InChI=1S/C43H27N3/c1-44-30-24-25-32(29-23-26-43-38(27-29)36-18-8-9-19-39(36)45(43)31-13-3-2-4-14-31)37(28-30)35-17-7-12-22-42(35)46-40-20-10-5-15-33(40)34-16-6-11-21-41(34)46/h2-28H.